The van der Waals surface area contributed by atoms with Gasteiger partial charge in [0.1, 0.15) is 17.6 Å². The summed E-state index contributed by atoms with van der Waals surface area (Å²) in [7, 11) is 1.52. The zero-order valence-electron chi connectivity index (χ0n) is 27.0. The highest BCUT2D eigenvalue weighted by Crippen LogP contribution is 2.59. The van der Waals surface area contributed by atoms with Gasteiger partial charge in [-0.15, -0.1) is 12.3 Å². The van der Waals surface area contributed by atoms with E-state index >= 15 is 4.39 Å². The molecule has 2 fully saturated rings. The molecule has 11 nitrogen and oxygen atoms in total. The summed E-state index contributed by atoms with van der Waals surface area (Å²) in [5.41, 5.74) is -0.703. The lowest BCUT2D eigenvalue weighted by atomic mass is 9.99. The minimum Gasteiger partial charge on any atom is -0.493 e. The summed E-state index contributed by atoms with van der Waals surface area (Å²) in [5, 5.41) is 5.73. The topological polar surface area (TPSA) is 124 Å². The number of terminal acetylenes is 1. The molecule has 13 heteroatoms. The number of hydrogen-bond acceptors (Lipinski definition) is 9. The summed E-state index contributed by atoms with van der Waals surface area (Å²) in [4.78, 5) is 37.7. The van der Waals surface area contributed by atoms with Gasteiger partial charge in [-0.05, 0) is 54.8 Å². The van der Waals surface area contributed by atoms with E-state index in [9.17, 15) is 14.0 Å². The molecule has 3 aromatic carbocycles. The number of ether oxygens (including phenoxy) is 4. The van der Waals surface area contributed by atoms with E-state index in [-0.39, 0.29) is 17.3 Å². The molecular weight excluding hydrogens is 636 g/mol. The summed E-state index contributed by atoms with van der Waals surface area (Å²) < 4.78 is 51.6. The van der Waals surface area contributed by atoms with Crippen molar-refractivity contribution in [3.8, 4) is 35.5 Å². The summed E-state index contributed by atoms with van der Waals surface area (Å²) in [6.07, 6.45) is 7.77. The van der Waals surface area contributed by atoms with Gasteiger partial charge >= 0.3 is 0 Å². The van der Waals surface area contributed by atoms with Crippen molar-refractivity contribution in [1.29, 1.82) is 0 Å². The molecule has 254 valence electrons. The fourth-order valence-electron chi connectivity index (χ4n) is 6.09. The molecular formula is C36H35F2N5O6. The third-order valence-corrected chi connectivity index (χ3v) is 8.89. The first-order chi connectivity index (χ1) is 23.7. The molecule has 1 aromatic heterocycles. The van der Waals surface area contributed by atoms with Crippen molar-refractivity contribution in [2.75, 3.05) is 57.2 Å². The number of morpholine rings is 1. The van der Waals surface area contributed by atoms with Crippen LogP contribution >= 0.6 is 0 Å². The largest absolute Gasteiger partial charge is 0.493 e. The van der Waals surface area contributed by atoms with Gasteiger partial charge in [0.15, 0.2) is 23.1 Å². The molecule has 0 bridgehead atoms. The molecule has 2 aliphatic rings. The molecule has 4 aromatic rings. The number of carbonyl (C=O) groups is 2. The number of anilines is 2. The van der Waals surface area contributed by atoms with Gasteiger partial charge in [-0.3, -0.25) is 14.5 Å². The predicted octanol–water partition coefficient (Wildman–Crippen LogP) is 5.27. The Morgan fingerprint density at radius 2 is 1.71 bits per heavy atom. The van der Waals surface area contributed by atoms with Crippen LogP contribution in [0.3, 0.4) is 0 Å². The lowest BCUT2D eigenvalue weighted by molar-refractivity contribution is -0.132. The maximum Gasteiger partial charge on any atom is 0.241 e. The second kappa shape index (κ2) is 14.4. The van der Waals surface area contributed by atoms with Crippen molar-refractivity contribution in [3.63, 3.8) is 0 Å². The average molecular weight is 672 g/mol. The minimum atomic E-state index is -1.60. The molecule has 2 heterocycles. The van der Waals surface area contributed by atoms with Crippen LogP contribution in [0, 0.1) is 41.2 Å². The van der Waals surface area contributed by atoms with Gasteiger partial charge in [0.25, 0.3) is 0 Å². The molecule has 0 spiro atoms. The molecule has 2 N–H and O–H groups in total. The first kappa shape index (κ1) is 33.6. The number of hydrogen-bond donors (Lipinski definition) is 2. The zero-order valence-corrected chi connectivity index (χ0v) is 27.0. The highest BCUT2D eigenvalue weighted by molar-refractivity contribution is 6.18. The first-order valence-corrected chi connectivity index (χ1v) is 15.8. The number of benzene rings is 3. The molecule has 2 amide bonds. The van der Waals surface area contributed by atoms with Gasteiger partial charge in [0.05, 0.1) is 37.8 Å². The summed E-state index contributed by atoms with van der Waals surface area (Å²) >= 11 is 0. The minimum absolute atomic E-state index is 0.0814. The van der Waals surface area contributed by atoms with Crippen LogP contribution < -0.4 is 24.8 Å². The monoisotopic (exact) mass is 671 g/mol. The number of amides is 2. The Morgan fingerprint density at radius 3 is 2.39 bits per heavy atom. The zero-order chi connectivity index (χ0) is 34.5. The number of aromatic nitrogens is 2. The Morgan fingerprint density at radius 1 is 1.00 bits per heavy atom. The van der Waals surface area contributed by atoms with E-state index in [2.05, 4.69) is 31.4 Å². The lowest BCUT2D eigenvalue weighted by Crippen LogP contribution is -2.38. The number of nitrogens with one attached hydrogen (secondary N) is 2. The Hall–Kier alpha value is -5.32. The summed E-state index contributed by atoms with van der Waals surface area (Å²) in [5.74, 6) is -0.400. The SMILES string of the molecule is C#C[C@@H]1[C@@H](C)C1(C(=O)Nc1ccc(F)cc1)C(=O)Nc1ccc(Oc2ncnc3cc(OCCCN4CCOCC4)c(OC)cc23)c(F)c1. The van der Waals surface area contributed by atoms with Crippen molar-refractivity contribution in [1.82, 2.24) is 14.9 Å². The van der Waals surface area contributed by atoms with Crippen LogP contribution in [0.4, 0.5) is 20.2 Å². The molecule has 1 saturated heterocycles. The van der Waals surface area contributed by atoms with Gasteiger partial charge in [0.2, 0.25) is 17.7 Å². The van der Waals surface area contributed by atoms with Gasteiger partial charge in [-0.2, -0.15) is 0 Å². The van der Waals surface area contributed by atoms with E-state index < -0.39 is 40.7 Å². The molecule has 0 radical (unpaired) electrons. The summed E-state index contributed by atoms with van der Waals surface area (Å²) in [6.45, 7) is 6.35. The van der Waals surface area contributed by atoms with Crippen LogP contribution in [0.25, 0.3) is 10.9 Å². The van der Waals surface area contributed by atoms with Crippen LogP contribution in [0.15, 0.2) is 60.9 Å². The standard InChI is InChI=1S/C36H35F2N5O6/c1-4-27-22(2)36(27,34(44)41-24-8-6-23(37)7-9-24)35(45)42-25-10-11-30(28(38)18-25)49-33-26-19-31(46-3)32(20-29(26)39-21-40-33)48-15-5-12-43-13-16-47-17-14-43/h1,6-11,18-22,27H,5,12-17H2,2-3H3,(H,41,44)(H,42,45)/t22-,27-,36?/m1/s1. The smallest absolute Gasteiger partial charge is 0.241 e. The van der Waals surface area contributed by atoms with Crippen LogP contribution in [0.2, 0.25) is 0 Å². The van der Waals surface area contributed by atoms with Crippen molar-refractivity contribution in [2.24, 2.45) is 17.3 Å². The maximum absolute atomic E-state index is 15.4. The van der Waals surface area contributed by atoms with Crippen molar-refractivity contribution in [3.05, 3.63) is 72.6 Å². The van der Waals surface area contributed by atoms with Crippen LogP contribution in [0.5, 0.6) is 23.1 Å². The molecule has 1 aliphatic heterocycles. The maximum atomic E-state index is 15.4. The van der Waals surface area contributed by atoms with Crippen LogP contribution in [0.1, 0.15) is 13.3 Å². The number of halogens is 2. The van der Waals surface area contributed by atoms with Crippen LogP contribution in [-0.4, -0.2) is 73.2 Å². The van der Waals surface area contributed by atoms with Crippen molar-refractivity contribution >= 4 is 34.1 Å². The highest BCUT2D eigenvalue weighted by Gasteiger charge is 2.71. The van der Waals surface area contributed by atoms with E-state index in [0.717, 1.165) is 45.3 Å². The Bertz CT molecular complexity index is 1900. The Labute approximate surface area is 281 Å². The molecule has 1 saturated carbocycles. The number of methoxy groups -OCH3 is 1. The summed E-state index contributed by atoms with van der Waals surface area (Å²) in [6, 6.07) is 12.4. The third-order valence-electron chi connectivity index (χ3n) is 8.89. The number of rotatable bonds is 12. The Balaban J connectivity index is 1.14. The second-order valence-corrected chi connectivity index (χ2v) is 11.8. The second-order valence-electron chi connectivity index (χ2n) is 11.8. The highest BCUT2D eigenvalue weighted by atomic mass is 19.1. The van der Waals surface area contributed by atoms with E-state index in [1.807, 2.05) is 0 Å². The first-order valence-electron chi connectivity index (χ1n) is 15.8. The van der Waals surface area contributed by atoms with E-state index in [1.54, 1.807) is 19.1 Å². The van der Waals surface area contributed by atoms with E-state index in [4.69, 9.17) is 25.4 Å². The molecule has 1 unspecified atom stereocenters. The van der Waals surface area contributed by atoms with Crippen molar-refractivity contribution < 1.29 is 37.3 Å². The predicted molar refractivity (Wildman–Crippen MR) is 178 cm³/mol. The number of nitrogens with zero attached hydrogens (tertiary/aromatic N) is 3. The Kier molecular flexibility index (Phi) is 9.89. The lowest BCUT2D eigenvalue weighted by Gasteiger charge is -2.26. The van der Waals surface area contributed by atoms with Gasteiger partial charge in [-0.1, -0.05) is 6.92 Å². The van der Waals surface area contributed by atoms with Crippen molar-refractivity contribution in [2.45, 2.75) is 13.3 Å². The third kappa shape index (κ3) is 6.97. The average Bonchev–Trinajstić information content (AvgIpc) is 3.73. The number of fused-ring (bicyclic) bond motifs is 1. The molecule has 3 atom stereocenters. The fraction of sp³-hybridized carbons (Fsp3) is 0.333. The van der Waals surface area contributed by atoms with Gasteiger partial charge < -0.3 is 29.6 Å². The quantitative estimate of drug-likeness (QED) is 0.118. The normalized spacial score (nSPS) is 20.2. The van der Waals surface area contributed by atoms with E-state index in [1.165, 1.54) is 49.8 Å². The van der Waals surface area contributed by atoms with Crippen LogP contribution in [-0.2, 0) is 14.3 Å². The number of carbonyl (C=O) groups excluding carboxylic acids is 2. The van der Waals surface area contributed by atoms with Gasteiger partial charge in [-0.25, -0.2) is 18.7 Å². The fourth-order valence-corrected chi connectivity index (χ4v) is 6.09. The molecule has 6 rings (SSSR count). The van der Waals surface area contributed by atoms with Gasteiger partial charge in [0, 0.05) is 49.1 Å². The molecule has 1 aliphatic carbocycles. The molecule has 49 heavy (non-hydrogen) atoms. The van der Waals surface area contributed by atoms with E-state index in [0.29, 0.717) is 34.7 Å².